The maximum absolute atomic E-state index is 3.85. The molecule has 1 saturated heterocycles. The maximum atomic E-state index is 3.85. The Bertz CT molecular complexity index is 436. The number of nitrogens with one attached hydrogen (secondary N) is 1. The van der Waals surface area contributed by atoms with Crippen molar-refractivity contribution in [2.24, 2.45) is 11.3 Å². The highest BCUT2D eigenvalue weighted by Crippen LogP contribution is 2.51. The molecular weight excluding hydrogens is 256 g/mol. The van der Waals surface area contributed by atoms with Crippen molar-refractivity contribution >= 4 is 0 Å². The van der Waals surface area contributed by atoms with Gasteiger partial charge in [0.2, 0.25) is 0 Å². The van der Waals surface area contributed by atoms with E-state index in [1.165, 1.54) is 57.4 Å². The summed E-state index contributed by atoms with van der Waals surface area (Å²) in [6, 6.07) is 11.6. The summed E-state index contributed by atoms with van der Waals surface area (Å²) in [6.07, 6.45) is 5.37. The van der Waals surface area contributed by atoms with E-state index in [4.69, 9.17) is 0 Å². The third-order valence-corrected chi connectivity index (χ3v) is 5.69. The Hall–Kier alpha value is -0.860. The average molecular weight is 286 g/mol. The van der Waals surface area contributed by atoms with E-state index in [-0.39, 0.29) is 0 Å². The summed E-state index contributed by atoms with van der Waals surface area (Å²) >= 11 is 0. The van der Waals surface area contributed by atoms with Crippen molar-refractivity contribution in [3.8, 4) is 0 Å². The van der Waals surface area contributed by atoms with Crippen LogP contribution in [-0.2, 0) is 6.42 Å². The van der Waals surface area contributed by atoms with Gasteiger partial charge in [0.1, 0.15) is 0 Å². The molecule has 1 aliphatic heterocycles. The van der Waals surface area contributed by atoms with Crippen molar-refractivity contribution < 1.29 is 0 Å². The van der Waals surface area contributed by atoms with Gasteiger partial charge in [0.05, 0.1) is 0 Å². The molecule has 1 N–H and O–H groups in total. The molecule has 0 aromatic heterocycles. The Kier molecular flexibility index (Phi) is 4.66. The van der Waals surface area contributed by atoms with Crippen molar-refractivity contribution in [2.75, 3.05) is 26.2 Å². The van der Waals surface area contributed by atoms with Gasteiger partial charge in [-0.15, -0.1) is 0 Å². The van der Waals surface area contributed by atoms with Crippen LogP contribution in [0, 0.1) is 11.3 Å². The van der Waals surface area contributed by atoms with Gasteiger partial charge in [0, 0.05) is 25.7 Å². The van der Waals surface area contributed by atoms with Crippen LogP contribution in [0.4, 0.5) is 0 Å². The molecule has 21 heavy (non-hydrogen) atoms. The fraction of sp³-hybridized carbons (Fsp3) is 0.684. The Morgan fingerprint density at radius 2 is 2.00 bits per heavy atom. The average Bonchev–Trinajstić information content (AvgIpc) is 3.17. The van der Waals surface area contributed by atoms with Crippen LogP contribution >= 0.6 is 0 Å². The molecule has 0 radical (unpaired) electrons. The van der Waals surface area contributed by atoms with Crippen LogP contribution in [-0.4, -0.2) is 37.1 Å². The SMILES string of the molecule is CC(C)C1(CNC2CCN(CCc3ccccc3)C2)CC1. The third kappa shape index (κ3) is 3.87. The molecule has 1 aliphatic carbocycles. The zero-order chi connectivity index (χ0) is 14.7. The lowest BCUT2D eigenvalue weighted by atomic mass is 9.92. The second kappa shape index (κ2) is 6.50. The molecule has 2 heteroatoms. The highest BCUT2D eigenvalue weighted by Gasteiger charge is 2.45. The van der Waals surface area contributed by atoms with Crippen molar-refractivity contribution in [1.82, 2.24) is 10.2 Å². The van der Waals surface area contributed by atoms with E-state index >= 15 is 0 Å². The first-order chi connectivity index (χ1) is 10.2. The molecular formula is C19H30N2. The van der Waals surface area contributed by atoms with E-state index in [2.05, 4.69) is 54.4 Å². The number of rotatable bonds is 7. The van der Waals surface area contributed by atoms with Gasteiger partial charge < -0.3 is 10.2 Å². The lowest BCUT2D eigenvalue weighted by Gasteiger charge is -2.23. The number of likely N-dealkylation sites (tertiary alicyclic amines) is 1. The second-order valence-electron chi connectivity index (χ2n) is 7.42. The second-order valence-corrected chi connectivity index (χ2v) is 7.42. The van der Waals surface area contributed by atoms with E-state index in [0.717, 1.165) is 12.0 Å². The van der Waals surface area contributed by atoms with Gasteiger partial charge in [-0.1, -0.05) is 44.2 Å². The molecule has 1 saturated carbocycles. The van der Waals surface area contributed by atoms with Gasteiger partial charge >= 0.3 is 0 Å². The van der Waals surface area contributed by atoms with E-state index in [9.17, 15) is 0 Å². The van der Waals surface area contributed by atoms with Crippen LogP contribution in [0.3, 0.4) is 0 Å². The lowest BCUT2D eigenvalue weighted by Crippen LogP contribution is -2.38. The highest BCUT2D eigenvalue weighted by molar-refractivity contribution is 5.15. The molecule has 2 fully saturated rings. The molecule has 2 nitrogen and oxygen atoms in total. The minimum Gasteiger partial charge on any atom is -0.312 e. The summed E-state index contributed by atoms with van der Waals surface area (Å²) in [6.45, 7) is 9.71. The minimum atomic E-state index is 0.636. The molecule has 0 spiro atoms. The van der Waals surface area contributed by atoms with Gasteiger partial charge in [-0.05, 0) is 49.1 Å². The topological polar surface area (TPSA) is 15.3 Å². The Balaban J connectivity index is 1.38. The molecule has 0 amide bonds. The van der Waals surface area contributed by atoms with Gasteiger partial charge in [-0.25, -0.2) is 0 Å². The Labute approximate surface area is 129 Å². The molecule has 1 atom stereocenters. The number of hydrogen-bond donors (Lipinski definition) is 1. The van der Waals surface area contributed by atoms with E-state index in [1.54, 1.807) is 0 Å². The first-order valence-electron chi connectivity index (χ1n) is 8.68. The summed E-state index contributed by atoms with van der Waals surface area (Å²) in [7, 11) is 0. The van der Waals surface area contributed by atoms with Gasteiger partial charge in [0.15, 0.2) is 0 Å². The fourth-order valence-electron chi connectivity index (χ4n) is 3.60. The molecule has 1 aromatic carbocycles. The molecule has 3 rings (SSSR count). The molecule has 1 heterocycles. The maximum Gasteiger partial charge on any atom is 0.0207 e. The van der Waals surface area contributed by atoms with Crippen LogP contribution in [0.25, 0.3) is 0 Å². The molecule has 2 aliphatic rings. The molecule has 1 unspecified atom stereocenters. The predicted molar refractivity (Wildman–Crippen MR) is 89.5 cm³/mol. The summed E-state index contributed by atoms with van der Waals surface area (Å²) < 4.78 is 0. The lowest BCUT2D eigenvalue weighted by molar-refractivity contribution is 0.303. The first-order valence-corrected chi connectivity index (χ1v) is 8.68. The van der Waals surface area contributed by atoms with E-state index in [0.29, 0.717) is 5.41 Å². The van der Waals surface area contributed by atoms with Crippen molar-refractivity contribution in [3.05, 3.63) is 35.9 Å². The van der Waals surface area contributed by atoms with E-state index in [1.807, 2.05) is 0 Å². The molecule has 0 bridgehead atoms. The van der Waals surface area contributed by atoms with Crippen LogP contribution in [0.15, 0.2) is 30.3 Å². The highest BCUT2D eigenvalue weighted by atomic mass is 15.2. The summed E-state index contributed by atoms with van der Waals surface area (Å²) in [4.78, 5) is 2.62. The number of nitrogens with zero attached hydrogens (tertiary/aromatic N) is 1. The third-order valence-electron chi connectivity index (χ3n) is 5.69. The first kappa shape index (κ1) is 15.1. The Morgan fingerprint density at radius 3 is 2.67 bits per heavy atom. The standard InChI is InChI=1S/C19H30N2/c1-16(2)19(10-11-19)15-20-18-9-13-21(14-18)12-8-17-6-4-3-5-7-17/h3-7,16,18,20H,8-15H2,1-2H3. The van der Waals surface area contributed by atoms with Crippen LogP contribution < -0.4 is 5.32 Å². The number of benzene rings is 1. The molecule has 116 valence electrons. The van der Waals surface area contributed by atoms with Gasteiger partial charge in [-0.2, -0.15) is 0 Å². The largest absolute Gasteiger partial charge is 0.312 e. The van der Waals surface area contributed by atoms with Crippen LogP contribution in [0.2, 0.25) is 0 Å². The normalized spacial score (nSPS) is 24.6. The smallest absolute Gasteiger partial charge is 0.0207 e. The van der Waals surface area contributed by atoms with Crippen molar-refractivity contribution in [2.45, 2.75) is 45.6 Å². The zero-order valence-corrected chi connectivity index (χ0v) is 13.6. The minimum absolute atomic E-state index is 0.636. The summed E-state index contributed by atoms with van der Waals surface area (Å²) in [5.41, 5.74) is 2.10. The van der Waals surface area contributed by atoms with Gasteiger partial charge in [0.25, 0.3) is 0 Å². The zero-order valence-electron chi connectivity index (χ0n) is 13.6. The summed E-state index contributed by atoms with van der Waals surface area (Å²) in [5.74, 6) is 0.834. The predicted octanol–water partition coefficient (Wildman–Crippen LogP) is 3.33. The van der Waals surface area contributed by atoms with Crippen molar-refractivity contribution in [3.63, 3.8) is 0 Å². The van der Waals surface area contributed by atoms with E-state index < -0.39 is 0 Å². The monoisotopic (exact) mass is 286 g/mol. The Morgan fingerprint density at radius 1 is 1.24 bits per heavy atom. The molecule has 1 aromatic rings. The quantitative estimate of drug-likeness (QED) is 0.827. The number of hydrogen-bond acceptors (Lipinski definition) is 2. The van der Waals surface area contributed by atoms with Crippen LogP contribution in [0.1, 0.15) is 38.7 Å². The fourth-order valence-corrected chi connectivity index (χ4v) is 3.60. The van der Waals surface area contributed by atoms with Crippen molar-refractivity contribution in [1.29, 1.82) is 0 Å². The summed E-state index contributed by atoms with van der Waals surface area (Å²) in [5, 5.41) is 3.85. The van der Waals surface area contributed by atoms with Gasteiger partial charge in [-0.3, -0.25) is 0 Å². The van der Waals surface area contributed by atoms with Crippen LogP contribution in [0.5, 0.6) is 0 Å².